The van der Waals surface area contributed by atoms with Crippen LogP contribution in [0.5, 0.6) is 5.75 Å². The maximum absolute atomic E-state index is 12.6. The Balaban J connectivity index is 1.47. The molecule has 0 atom stereocenters. The van der Waals surface area contributed by atoms with E-state index in [-0.39, 0.29) is 24.0 Å². The fourth-order valence-corrected chi connectivity index (χ4v) is 4.04. The van der Waals surface area contributed by atoms with Gasteiger partial charge in [0.2, 0.25) is 0 Å². The number of benzene rings is 1. The van der Waals surface area contributed by atoms with Crippen LogP contribution in [0, 0.1) is 12.8 Å². The first-order valence-corrected chi connectivity index (χ1v) is 11.2. The summed E-state index contributed by atoms with van der Waals surface area (Å²) in [5, 5.41) is 6.03. The predicted octanol–water partition coefficient (Wildman–Crippen LogP) is 3.82. The van der Waals surface area contributed by atoms with Gasteiger partial charge < -0.3 is 10.1 Å². The molecule has 30 heavy (non-hydrogen) atoms. The molecule has 0 saturated carbocycles. The van der Waals surface area contributed by atoms with Crippen molar-refractivity contribution in [2.24, 2.45) is 5.92 Å². The molecule has 7 nitrogen and oxygen atoms in total. The lowest BCUT2D eigenvalue weighted by molar-refractivity contribution is -0.140. The Hall–Kier alpha value is -2.45. The number of carbonyl (C=O) groups excluding carboxylic acids is 2. The van der Waals surface area contributed by atoms with Crippen LogP contribution in [0.25, 0.3) is 0 Å². The van der Waals surface area contributed by atoms with Crippen molar-refractivity contribution >= 4 is 29.0 Å². The van der Waals surface area contributed by atoms with E-state index in [1.807, 2.05) is 20.8 Å². The van der Waals surface area contributed by atoms with Crippen molar-refractivity contribution in [2.45, 2.75) is 46.2 Å². The van der Waals surface area contributed by atoms with Gasteiger partial charge >= 0.3 is 12.0 Å². The van der Waals surface area contributed by atoms with Crippen LogP contribution in [0.15, 0.2) is 29.6 Å². The molecule has 1 N–H and O–H groups in total. The zero-order chi connectivity index (χ0) is 21.7. The summed E-state index contributed by atoms with van der Waals surface area (Å²) in [5.41, 5.74) is 1.84. The van der Waals surface area contributed by atoms with E-state index in [4.69, 9.17) is 4.74 Å². The number of carbonyl (C=O) groups is 2. The minimum Gasteiger partial charge on any atom is -0.426 e. The van der Waals surface area contributed by atoms with E-state index < -0.39 is 0 Å². The Labute approximate surface area is 182 Å². The third kappa shape index (κ3) is 6.03. The largest absolute Gasteiger partial charge is 0.426 e. The van der Waals surface area contributed by atoms with Crippen molar-refractivity contribution in [1.29, 1.82) is 0 Å². The number of thiazole rings is 1. The molecule has 2 aromatic rings. The second-order valence-electron chi connectivity index (χ2n) is 7.99. The zero-order valence-corrected chi connectivity index (χ0v) is 18.9. The van der Waals surface area contributed by atoms with E-state index >= 15 is 0 Å². The number of esters is 1. The Bertz CT molecular complexity index is 858. The second-order valence-corrected chi connectivity index (χ2v) is 9.05. The number of amides is 2. The Morgan fingerprint density at radius 2 is 1.93 bits per heavy atom. The first-order chi connectivity index (χ1) is 14.3. The standard InChI is InChI=1S/C22H30N4O3S/c1-15(2)23-22(28)25(4)19-5-7-20(8-6-19)29-21(27)17-9-11-26(12-10-17)13-18-14-30-16(3)24-18/h5-8,14-15,17H,9-13H2,1-4H3,(H,23,28). The molecular formula is C22H30N4O3S. The third-order valence-corrected chi connectivity index (χ3v) is 5.95. The van der Waals surface area contributed by atoms with Crippen LogP contribution in [0.2, 0.25) is 0 Å². The van der Waals surface area contributed by atoms with Gasteiger partial charge in [-0.05, 0) is 71.0 Å². The summed E-state index contributed by atoms with van der Waals surface area (Å²) in [6.45, 7) is 8.42. The van der Waals surface area contributed by atoms with E-state index in [2.05, 4.69) is 20.6 Å². The molecule has 2 heterocycles. The van der Waals surface area contributed by atoms with Crippen LogP contribution in [-0.2, 0) is 11.3 Å². The van der Waals surface area contributed by atoms with Gasteiger partial charge in [-0.1, -0.05) is 0 Å². The smallest absolute Gasteiger partial charge is 0.321 e. The molecule has 3 rings (SSSR count). The van der Waals surface area contributed by atoms with Crippen molar-refractivity contribution in [1.82, 2.24) is 15.2 Å². The highest BCUT2D eigenvalue weighted by Gasteiger charge is 2.27. The van der Waals surface area contributed by atoms with Crippen LogP contribution in [-0.4, -0.2) is 48.1 Å². The normalized spacial score (nSPS) is 15.2. The number of nitrogens with zero attached hydrogens (tertiary/aromatic N) is 3. The zero-order valence-electron chi connectivity index (χ0n) is 18.1. The van der Waals surface area contributed by atoms with Crippen LogP contribution >= 0.6 is 11.3 Å². The topological polar surface area (TPSA) is 74.8 Å². The van der Waals surface area contributed by atoms with Gasteiger partial charge in [0.15, 0.2) is 0 Å². The minimum absolute atomic E-state index is 0.0669. The van der Waals surface area contributed by atoms with E-state index in [0.717, 1.165) is 48.9 Å². The lowest BCUT2D eigenvalue weighted by atomic mass is 9.97. The molecule has 1 aliphatic heterocycles. The molecule has 0 bridgehead atoms. The number of piperidine rings is 1. The molecular weight excluding hydrogens is 400 g/mol. The van der Waals surface area contributed by atoms with Crippen molar-refractivity contribution in [3.63, 3.8) is 0 Å². The second kappa shape index (κ2) is 10.0. The van der Waals surface area contributed by atoms with Gasteiger partial charge in [-0.2, -0.15) is 0 Å². The summed E-state index contributed by atoms with van der Waals surface area (Å²) in [4.78, 5) is 33.0. The average Bonchev–Trinajstić information content (AvgIpc) is 3.12. The maximum atomic E-state index is 12.6. The summed E-state index contributed by atoms with van der Waals surface area (Å²) in [6.07, 6.45) is 1.58. The molecule has 1 fully saturated rings. The van der Waals surface area contributed by atoms with E-state index in [9.17, 15) is 9.59 Å². The number of hydrogen-bond acceptors (Lipinski definition) is 6. The minimum atomic E-state index is -0.183. The monoisotopic (exact) mass is 430 g/mol. The molecule has 0 aliphatic carbocycles. The number of urea groups is 1. The highest BCUT2D eigenvalue weighted by molar-refractivity contribution is 7.09. The van der Waals surface area contributed by atoms with Crippen molar-refractivity contribution in [3.05, 3.63) is 40.3 Å². The number of aromatic nitrogens is 1. The van der Waals surface area contributed by atoms with Crippen molar-refractivity contribution in [3.8, 4) is 5.75 Å². The number of rotatable bonds is 6. The quantitative estimate of drug-likeness (QED) is 0.557. The molecule has 1 saturated heterocycles. The van der Waals surface area contributed by atoms with Gasteiger partial charge in [0, 0.05) is 30.7 Å². The fourth-order valence-electron chi connectivity index (χ4n) is 3.44. The van der Waals surface area contributed by atoms with Gasteiger partial charge in [0.05, 0.1) is 16.6 Å². The lowest BCUT2D eigenvalue weighted by Gasteiger charge is -2.30. The first kappa shape index (κ1) is 22.2. The highest BCUT2D eigenvalue weighted by atomic mass is 32.1. The Kier molecular flexibility index (Phi) is 7.44. The van der Waals surface area contributed by atoms with E-state index in [1.165, 1.54) is 4.90 Å². The molecule has 162 valence electrons. The van der Waals surface area contributed by atoms with Crippen LogP contribution in [0.3, 0.4) is 0 Å². The van der Waals surface area contributed by atoms with Crippen LogP contribution < -0.4 is 15.0 Å². The van der Waals surface area contributed by atoms with E-state index in [1.54, 1.807) is 42.6 Å². The van der Waals surface area contributed by atoms with E-state index in [0.29, 0.717) is 5.75 Å². The molecule has 1 aromatic carbocycles. The fraction of sp³-hybridized carbons (Fsp3) is 0.500. The Morgan fingerprint density at radius 1 is 1.27 bits per heavy atom. The number of likely N-dealkylation sites (tertiary alicyclic amines) is 1. The average molecular weight is 431 g/mol. The summed E-state index contributed by atoms with van der Waals surface area (Å²) in [7, 11) is 1.71. The van der Waals surface area contributed by atoms with Crippen molar-refractivity contribution in [2.75, 3.05) is 25.0 Å². The molecule has 1 aliphatic rings. The first-order valence-electron chi connectivity index (χ1n) is 10.3. The van der Waals surface area contributed by atoms with Gasteiger partial charge in [-0.3, -0.25) is 14.6 Å². The number of nitrogens with one attached hydrogen (secondary N) is 1. The molecule has 0 radical (unpaired) electrons. The highest BCUT2D eigenvalue weighted by Crippen LogP contribution is 2.24. The molecule has 0 unspecified atom stereocenters. The summed E-state index contributed by atoms with van der Waals surface area (Å²) in [5.74, 6) is 0.234. The number of ether oxygens (including phenoxy) is 1. The van der Waals surface area contributed by atoms with Crippen LogP contribution in [0.4, 0.5) is 10.5 Å². The van der Waals surface area contributed by atoms with Gasteiger partial charge in [0.25, 0.3) is 0 Å². The number of hydrogen-bond donors (Lipinski definition) is 1. The molecule has 8 heteroatoms. The summed E-state index contributed by atoms with van der Waals surface area (Å²) >= 11 is 1.67. The Morgan fingerprint density at radius 3 is 2.50 bits per heavy atom. The SMILES string of the molecule is Cc1nc(CN2CCC(C(=O)Oc3ccc(N(C)C(=O)NC(C)C)cc3)CC2)cs1. The number of aryl methyl sites for hydroxylation is 1. The summed E-state index contributed by atoms with van der Waals surface area (Å²) < 4.78 is 5.58. The van der Waals surface area contributed by atoms with Gasteiger partial charge in [-0.25, -0.2) is 9.78 Å². The number of anilines is 1. The third-order valence-electron chi connectivity index (χ3n) is 5.13. The molecule has 0 spiro atoms. The van der Waals surface area contributed by atoms with Gasteiger partial charge in [0.1, 0.15) is 5.75 Å². The lowest BCUT2D eigenvalue weighted by Crippen LogP contribution is -2.40. The summed E-state index contributed by atoms with van der Waals surface area (Å²) in [6, 6.07) is 6.91. The van der Waals surface area contributed by atoms with Crippen LogP contribution in [0.1, 0.15) is 37.4 Å². The molecule has 1 aromatic heterocycles. The molecule has 2 amide bonds. The maximum Gasteiger partial charge on any atom is 0.321 e. The van der Waals surface area contributed by atoms with Gasteiger partial charge in [-0.15, -0.1) is 11.3 Å². The predicted molar refractivity (Wildman–Crippen MR) is 119 cm³/mol. The van der Waals surface area contributed by atoms with Crippen molar-refractivity contribution < 1.29 is 14.3 Å².